The van der Waals surface area contributed by atoms with Crippen molar-refractivity contribution in [3.8, 4) is 11.3 Å². The number of anilines is 2. The third-order valence-electron chi connectivity index (χ3n) is 4.93. The summed E-state index contributed by atoms with van der Waals surface area (Å²) in [4.78, 5) is 51.4. The lowest BCUT2D eigenvalue weighted by Gasteiger charge is -2.14. The fourth-order valence-corrected chi connectivity index (χ4v) is 3.90. The Labute approximate surface area is 200 Å². The molecule has 1 heterocycles. The molecule has 0 bridgehead atoms. The highest BCUT2D eigenvalue weighted by atomic mass is 32.2. The first kappa shape index (κ1) is 24.8. The number of H-pyrrole nitrogens is 1. The molecule has 3 aromatic rings. The van der Waals surface area contributed by atoms with Crippen molar-refractivity contribution in [2.45, 2.75) is 44.0 Å². The summed E-state index contributed by atoms with van der Waals surface area (Å²) in [5.41, 5.74) is 1.63. The molecule has 10 heteroatoms. The molecule has 0 fully saturated rings. The van der Waals surface area contributed by atoms with Crippen LogP contribution in [0.15, 0.2) is 58.5 Å². The standard InChI is InChI=1S/C24H25N5O4S/c1-4-19(22(32)25-16-12-10-15(11-13-16)14(3)30)34-24-27-23(33)21(28-29-24)17-8-6-7-9-18(17)26-20(31)5-2/h6-13,19H,4-5H2,1-3H3,(H,25,32)(H,26,31)(H,27,29,33)/t19-/m0/s1. The normalized spacial score (nSPS) is 11.5. The van der Waals surface area contributed by atoms with Crippen molar-refractivity contribution in [1.29, 1.82) is 0 Å². The molecule has 0 aliphatic carbocycles. The van der Waals surface area contributed by atoms with Crippen LogP contribution >= 0.6 is 11.8 Å². The third kappa shape index (κ3) is 6.16. The second kappa shape index (κ2) is 11.4. The van der Waals surface area contributed by atoms with Gasteiger partial charge in [0.25, 0.3) is 5.56 Å². The highest BCUT2D eigenvalue weighted by molar-refractivity contribution is 8.00. The molecule has 0 saturated carbocycles. The predicted molar refractivity (Wildman–Crippen MR) is 132 cm³/mol. The van der Waals surface area contributed by atoms with Gasteiger partial charge in [-0.15, -0.1) is 10.2 Å². The van der Waals surface area contributed by atoms with Gasteiger partial charge in [-0.2, -0.15) is 0 Å². The smallest absolute Gasteiger partial charge is 0.278 e. The number of aromatic nitrogens is 3. The minimum Gasteiger partial charge on any atom is -0.325 e. The average Bonchev–Trinajstić information content (AvgIpc) is 2.83. The Bertz CT molecular complexity index is 1260. The summed E-state index contributed by atoms with van der Waals surface area (Å²) in [5, 5.41) is 13.4. The van der Waals surface area contributed by atoms with Crippen molar-refractivity contribution in [3.05, 3.63) is 64.4 Å². The van der Waals surface area contributed by atoms with Crippen LogP contribution in [0.5, 0.6) is 0 Å². The van der Waals surface area contributed by atoms with Crippen LogP contribution in [0.25, 0.3) is 11.3 Å². The number of rotatable bonds is 9. The molecule has 3 rings (SSSR count). The quantitative estimate of drug-likeness (QED) is 0.313. The number of nitrogens with zero attached hydrogens (tertiary/aromatic N) is 2. The van der Waals surface area contributed by atoms with Gasteiger partial charge in [0, 0.05) is 23.2 Å². The van der Waals surface area contributed by atoms with E-state index in [0.29, 0.717) is 35.3 Å². The summed E-state index contributed by atoms with van der Waals surface area (Å²) in [6, 6.07) is 13.5. The van der Waals surface area contributed by atoms with Crippen molar-refractivity contribution in [1.82, 2.24) is 15.2 Å². The summed E-state index contributed by atoms with van der Waals surface area (Å²) in [7, 11) is 0. The van der Waals surface area contributed by atoms with E-state index >= 15 is 0 Å². The lowest BCUT2D eigenvalue weighted by atomic mass is 10.1. The van der Waals surface area contributed by atoms with E-state index in [2.05, 4.69) is 25.8 Å². The fourth-order valence-electron chi connectivity index (χ4n) is 3.06. The lowest BCUT2D eigenvalue weighted by molar-refractivity contribution is -0.116. The first-order valence-corrected chi connectivity index (χ1v) is 11.6. The van der Waals surface area contributed by atoms with E-state index < -0.39 is 10.8 Å². The summed E-state index contributed by atoms with van der Waals surface area (Å²) in [6.45, 7) is 5.06. The topological polar surface area (TPSA) is 134 Å². The number of carbonyl (C=O) groups excluding carboxylic acids is 3. The molecule has 3 N–H and O–H groups in total. The number of carbonyl (C=O) groups is 3. The van der Waals surface area contributed by atoms with E-state index in [1.165, 1.54) is 6.92 Å². The van der Waals surface area contributed by atoms with Gasteiger partial charge in [-0.1, -0.05) is 43.8 Å². The van der Waals surface area contributed by atoms with Crippen LogP contribution in [-0.4, -0.2) is 38.0 Å². The van der Waals surface area contributed by atoms with Crippen LogP contribution in [0.4, 0.5) is 11.4 Å². The monoisotopic (exact) mass is 479 g/mol. The van der Waals surface area contributed by atoms with Crippen molar-refractivity contribution >= 4 is 40.7 Å². The molecule has 9 nitrogen and oxygen atoms in total. The van der Waals surface area contributed by atoms with Gasteiger partial charge in [0.2, 0.25) is 11.8 Å². The Morgan fingerprint density at radius 3 is 2.32 bits per heavy atom. The number of para-hydroxylation sites is 1. The number of amides is 2. The van der Waals surface area contributed by atoms with Gasteiger partial charge >= 0.3 is 0 Å². The number of benzene rings is 2. The molecule has 1 atom stereocenters. The number of Topliss-reactive ketones (excluding diaryl/α,β-unsaturated/α-hetero) is 1. The second-order valence-electron chi connectivity index (χ2n) is 7.39. The zero-order valence-electron chi connectivity index (χ0n) is 19.0. The highest BCUT2D eigenvalue weighted by Gasteiger charge is 2.21. The SMILES string of the molecule is CCC(=O)Nc1ccccc1-c1nnc(S[C@@H](CC)C(=O)Nc2ccc(C(C)=O)cc2)[nH]c1=O. The molecular formula is C24H25N5O4S. The molecular weight excluding hydrogens is 454 g/mol. The largest absolute Gasteiger partial charge is 0.325 e. The number of hydrogen-bond acceptors (Lipinski definition) is 7. The minimum atomic E-state index is -0.528. The van der Waals surface area contributed by atoms with Crippen LogP contribution in [0.2, 0.25) is 0 Å². The summed E-state index contributed by atoms with van der Waals surface area (Å²) < 4.78 is 0. The molecule has 0 unspecified atom stereocenters. The summed E-state index contributed by atoms with van der Waals surface area (Å²) >= 11 is 1.10. The van der Waals surface area contributed by atoms with Crippen molar-refractivity contribution in [2.75, 3.05) is 10.6 Å². The number of ketones is 1. The van der Waals surface area contributed by atoms with Gasteiger partial charge in [-0.25, -0.2) is 0 Å². The van der Waals surface area contributed by atoms with Gasteiger partial charge < -0.3 is 10.6 Å². The molecule has 0 aliphatic heterocycles. The molecule has 0 saturated heterocycles. The highest BCUT2D eigenvalue weighted by Crippen LogP contribution is 2.26. The van der Waals surface area contributed by atoms with Crippen LogP contribution in [-0.2, 0) is 9.59 Å². The maximum atomic E-state index is 12.8. The molecule has 2 amide bonds. The Balaban J connectivity index is 1.75. The molecule has 176 valence electrons. The van der Waals surface area contributed by atoms with Crippen LogP contribution in [0, 0.1) is 0 Å². The van der Waals surface area contributed by atoms with E-state index in [1.54, 1.807) is 55.5 Å². The van der Waals surface area contributed by atoms with E-state index in [0.717, 1.165) is 11.8 Å². The Hall–Kier alpha value is -3.79. The number of hydrogen-bond donors (Lipinski definition) is 3. The van der Waals surface area contributed by atoms with E-state index in [9.17, 15) is 19.2 Å². The minimum absolute atomic E-state index is 0.0544. The Kier molecular flexibility index (Phi) is 8.31. The lowest BCUT2D eigenvalue weighted by Crippen LogP contribution is -2.25. The molecule has 0 radical (unpaired) electrons. The van der Waals surface area contributed by atoms with E-state index in [-0.39, 0.29) is 28.4 Å². The van der Waals surface area contributed by atoms with Gasteiger partial charge in [0.15, 0.2) is 16.6 Å². The summed E-state index contributed by atoms with van der Waals surface area (Å²) in [6.07, 6.45) is 0.784. The van der Waals surface area contributed by atoms with Crippen LogP contribution < -0.4 is 16.2 Å². The number of thioether (sulfide) groups is 1. The van der Waals surface area contributed by atoms with E-state index in [1.807, 2.05) is 6.92 Å². The maximum absolute atomic E-state index is 12.8. The van der Waals surface area contributed by atoms with Gasteiger partial charge in [0.1, 0.15) is 0 Å². The first-order chi connectivity index (χ1) is 16.3. The first-order valence-electron chi connectivity index (χ1n) is 10.8. The Morgan fingerprint density at radius 1 is 1.00 bits per heavy atom. The van der Waals surface area contributed by atoms with Crippen molar-refractivity contribution in [2.24, 2.45) is 0 Å². The average molecular weight is 480 g/mol. The molecule has 34 heavy (non-hydrogen) atoms. The molecule has 1 aromatic heterocycles. The third-order valence-corrected chi connectivity index (χ3v) is 6.17. The Morgan fingerprint density at radius 2 is 1.71 bits per heavy atom. The van der Waals surface area contributed by atoms with Crippen molar-refractivity contribution in [3.63, 3.8) is 0 Å². The van der Waals surface area contributed by atoms with Gasteiger partial charge in [-0.05, 0) is 43.7 Å². The molecule has 0 aliphatic rings. The predicted octanol–water partition coefficient (Wildman–Crippen LogP) is 3.89. The fraction of sp³-hybridized carbons (Fsp3) is 0.250. The van der Waals surface area contributed by atoms with Gasteiger partial charge in [0.05, 0.1) is 10.9 Å². The van der Waals surface area contributed by atoms with Crippen LogP contribution in [0.1, 0.15) is 44.0 Å². The van der Waals surface area contributed by atoms with Gasteiger partial charge in [-0.3, -0.25) is 24.2 Å². The maximum Gasteiger partial charge on any atom is 0.278 e. The molecule has 0 spiro atoms. The zero-order valence-corrected chi connectivity index (χ0v) is 19.9. The van der Waals surface area contributed by atoms with Crippen molar-refractivity contribution < 1.29 is 14.4 Å². The van der Waals surface area contributed by atoms with Crippen LogP contribution in [0.3, 0.4) is 0 Å². The second-order valence-corrected chi connectivity index (χ2v) is 8.58. The zero-order chi connectivity index (χ0) is 24.7. The molecule has 2 aromatic carbocycles. The van der Waals surface area contributed by atoms with E-state index in [4.69, 9.17) is 0 Å². The number of nitrogens with one attached hydrogen (secondary N) is 3. The number of aromatic amines is 1. The summed E-state index contributed by atoms with van der Waals surface area (Å²) in [5.74, 6) is -0.500.